The predicted octanol–water partition coefficient (Wildman–Crippen LogP) is 3.31. The molecule has 0 unspecified atom stereocenters. The van der Waals surface area contributed by atoms with Gasteiger partial charge < -0.3 is 15.1 Å². The van der Waals surface area contributed by atoms with E-state index in [0.717, 1.165) is 42.1 Å². The Bertz CT molecular complexity index is 960. The summed E-state index contributed by atoms with van der Waals surface area (Å²) in [6.07, 6.45) is 5.55. The summed E-state index contributed by atoms with van der Waals surface area (Å²) in [5.41, 5.74) is 1.68. The molecule has 2 heterocycles. The lowest BCUT2D eigenvalue weighted by molar-refractivity contribution is -0.120. The SMILES string of the molecule is CN[C@H]1CC[C@H](C(=O)Nc2cc3cc(-c4cnc(C)o4)ccc3nn2)CC1. The molecular formula is C20H23N5O2. The van der Waals surface area contributed by atoms with E-state index in [2.05, 4.69) is 25.8 Å². The van der Waals surface area contributed by atoms with Crippen LogP contribution >= 0.6 is 0 Å². The second kappa shape index (κ2) is 7.44. The minimum atomic E-state index is 0.0280. The topological polar surface area (TPSA) is 92.9 Å². The molecule has 7 heteroatoms. The minimum absolute atomic E-state index is 0.0280. The molecule has 3 aromatic rings. The van der Waals surface area contributed by atoms with Gasteiger partial charge in [-0.1, -0.05) is 0 Å². The zero-order valence-electron chi connectivity index (χ0n) is 15.5. The zero-order chi connectivity index (χ0) is 18.8. The van der Waals surface area contributed by atoms with Crippen LogP contribution in [-0.2, 0) is 4.79 Å². The Morgan fingerprint density at radius 3 is 2.67 bits per heavy atom. The smallest absolute Gasteiger partial charge is 0.228 e. The highest BCUT2D eigenvalue weighted by Crippen LogP contribution is 2.27. The molecule has 1 fully saturated rings. The normalized spacial score (nSPS) is 19.9. The van der Waals surface area contributed by atoms with Crippen LogP contribution < -0.4 is 10.6 Å². The Hall–Kier alpha value is -2.80. The number of anilines is 1. The molecule has 1 aliphatic rings. The average Bonchev–Trinajstić information content (AvgIpc) is 3.14. The summed E-state index contributed by atoms with van der Waals surface area (Å²) in [7, 11) is 1.98. The third-order valence-electron chi connectivity index (χ3n) is 5.25. The quantitative estimate of drug-likeness (QED) is 0.737. The van der Waals surface area contributed by atoms with Gasteiger partial charge in [0.25, 0.3) is 0 Å². The fraction of sp³-hybridized carbons (Fsp3) is 0.400. The van der Waals surface area contributed by atoms with Crippen LogP contribution in [0, 0.1) is 12.8 Å². The van der Waals surface area contributed by atoms with Gasteiger partial charge in [0.05, 0.1) is 11.7 Å². The van der Waals surface area contributed by atoms with E-state index in [1.165, 1.54) is 0 Å². The number of oxazole rings is 1. The first-order valence-electron chi connectivity index (χ1n) is 9.31. The predicted molar refractivity (Wildman–Crippen MR) is 103 cm³/mol. The molecule has 2 aromatic heterocycles. The molecule has 1 saturated carbocycles. The molecule has 0 atom stereocenters. The average molecular weight is 365 g/mol. The number of fused-ring (bicyclic) bond motifs is 1. The number of aryl methyl sites for hydroxylation is 1. The van der Waals surface area contributed by atoms with Crippen molar-refractivity contribution in [1.82, 2.24) is 20.5 Å². The maximum absolute atomic E-state index is 12.6. The number of nitrogens with one attached hydrogen (secondary N) is 2. The summed E-state index contributed by atoms with van der Waals surface area (Å²) in [5, 5.41) is 15.5. The summed E-state index contributed by atoms with van der Waals surface area (Å²) in [6, 6.07) is 8.16. The summed E-state index contributed by atoms with van der Waals surface area (Å²) < 4.78 is 5.59. The van der Waals surface area contributed by atoms with E-state index < -0.39 is 0 Å². The second-order valence-electron chi connectivity index (χ2n) is 7.07. The molecular weight excluding hydrogens is 342 g/mol. The summed E-state index contributed by atoms with van der Waals surface area (Å²) >= 11 is 0. The van der Waals surface area contributed by atoms with Crippen molar-refractivity contribution in [2.45, 2.75) is 38.6 Å². The molecule has 27 heavy (non-hydrogen) atoms. The first kappa shape index (κ1) is 17.6. The lowest BCUT2D eigenvalue weighted by Gasteiger charge is -2.27. The van der Waals surface area contributed by atoms with Crippen molar-refractivity contribution in [2.75, 3.05) is 12.4 Å². The molecule has 4 rings (SSSR count). The van der Waals surface area contributed by atoms with Gasteiger partial charge in [0.1, 0.15) is 0 Å². The van der Waals surface area contributed by atoms with Crippen LogP contribution in [0.1, 0.15) is 31.6 Å². The fourth-order valence-electron chi connectivity index (χ4n) is 3.63. The van der Waals surface area contributed by atoms with Crippen LogP contribution in [0.15, 0.2) is 34.9 Å². The Kier molecular flexibility index (Phi) is 4.85. The number of aromatic nitrogens is 3. The van der Waals surface area contributed by atoms with Gasteiger partial charge in [-0.15, -0.1) is 10.2 Å². The van der Waals surface area contributed by atoms with Gasteiger partial charge in [0, 0.05) is 29.8 Å². The van der Waals surface area contributed by atoms with Gasteiger partial charge >= 0.3 is 0 Å². The Morgan fingerprint density at radius 2 is 1.96 bits per heavy atom. The Balaban J connectivity index is 1.51. The van der Waals surface area contributed by atoms with Crippen molar-refractivity contribution in [3.63, 3.8) is 0 Å². The molecule has 0 spiro atoms. The molecule has 1 aromatic carbocycles. The van der Waals surface area contributed by atoms with E-state index in [1.54, 1.807) is 6.20 Å². The van der Waals surface area contributed by atoms with E-state index in [9.17, 15) is 4.79 Å². The highest BCUT2D eigenvalue weighted by molar-refractivity contribution is 5.94. The highest BCUT2D eigenvalue weighted by atomic mass is 16.4. The number of hydrogen-bond acceptors (Lipinski definition) is 6. The fourth-order valence-corrected chi connectivity index (χ4v) is 3.63. The van der Waals surface area contributed by atoms with Crippen LogP contribution in [0.5, 0.6) is 0 Å². The molecule has 2 N–H and O–H groups in total. The number of benzene rings is 1. The van der Waals surface area contributed by atoms with Crippen LogP contribution in [0.25, 0.3) is 22.2 Å². The van der Waals surface area contributed by atoms with Crippen LogP contribution in [0.4, 0.5) is 5.82 Å². The summed E-state index contributed by atoms with van der Waals surface area (Å²) in [6.45, 7) is 1.81. The first-order chi connectivity index (χ1) is 13.1. The molecule has 0 bridgehead atoms. The Morgan fingerprint density at radius 1 is 1.15 bits per heavy atom. The van der Waals surface area contributed by atoms with Crippen molar-refractivity contribution in [1.29, 1.82) is 0 Å². The van der Waals surface area contributed by atoms with Gasteiger partial charge in [-0.2, -0.15) is 0 Å². The molecule has 140 valence electrons. The number of amides is 1. The number of rotatable bonds is 4. The number of hydrogen-bond donors (Lipinski definition) is 2. The van der Waals surface area contributed by atoms with Gasteiger partial charge in [-0.25, -0.2) is 4.98 Å². The zero-order valence-corrected chi connectivity index (χ0v) is 15.5. The second-order valence-corrected chi connectivity index (χ2v) is 7.07. The minimum Gasteiger partial charge on any atom is -0.441 e. The summed E-state index contributed by atoms with van der Waals surface area (Å²) in [4.78, 5) is 16.7. The number of carbonyl (C=O) groups excluding carboxylic acids is 1. The largest absolute Gasteiger partial charge is 0.441 e. The third-order valence-corrected chi connectivity index (χ3v) is 5.25. The molecule has 0 radical (unpaired) electrons. The third kappa shape index (κ3) is 3.83. The van der Waals surface area contributed by atoms with Gasteiger partial charge in [0.2, 0.25) is 5.91 Å². The monoisotopic (exact) mass is 365 g/mol. The summed E-state index contributed by atoms with van der Waals surface area (Å²) in [5.74, 6) is 1.88. The molecule has 0 aliphatic heterocycles. The van der Waals surface area contributed by atoms with Crippen molar-refractivity contribution in [2.24, 2.45) is 5.92 Å². The van der Waals surface area contributed by atoms with Crippen molar-refractivity contribution in [3.05, 3.63) is 36.4 Å². The lowest BCUT2D eigenvalue weighted by Crippen LogP contribution is -2.34. The number of carbonyl (C=O) groups is 1. The van der Waals surface area contributed by atoms with E-state index in [1.807, 2.05) is 38.2 Å². The van der Waals surface area contributed by atoms with Crippen LogP contribution in [0.3, 0.4) is 0 Å². The van der Waals surface area contributed by atoms with E-state index in [4.69, 9.17) is 4.42 Å². The molecule has 1 amide bonds. The maximum Gasteiger partial charge on any atom is 0.228 e. The van der Waals surface area contributed by atoms with Crippen molar-refractivity contribution < 1.29 is 9.21 Å². The maximum atomic E-state index is 12.6. The van der Waals surface area contributed by atoms with Crippen LogP contribution in [0.2, 0.25) is 0 Å². The van der Waals surface area contributed by atoms with E-state index >= 15 is 0 Å². The van der Waals surface area contributed by atoms with E-state index in [0.29, 0.717) is 23.5 Å². The number of nitrogens with zero attached hydrogens (tertiary/aromatic N) is 3. The molecule has 0 saturated heterocycles. The molecule has 7 nitrogen and oxygen atoms in total. The van der Waals surface area contributed by atoms with Gasteiger partial charge in [-0.05, 0) is 57.0 Å². The van der Waals surface area contributed by atoms with Crippen molar-refractivity contribution >= 4 is 22.6 Å². The van der Waals surface area contributed by atoms with Crippen molar-refractivity contribution in [3.8, 4) is 11.3 Å². The molecule has 1 aliphatic carbocycles. The van der Waals surface area contributed by atoms with E-state index in [-0.39, 0.29) is 11.8 Å². The first-order valence-corrected chi connectivity index (χ1v) is 9.31. The lowest BCUT2D eigenvalue weighted by atomic mass is 9.85. The van der Waals surface area contributed by atoms with Gasteiger partial charge in [-0.3, -0.25) is 4.79 Å². The van der Waals surface area contributed by atoms with Crippen LogP contribution in [-0.4, -0.2) is 34.2 Å². The highest BCUT2D eigenvalue weighted by Gasteiger charge is 2.25. The van der Waals surface area contributed by atoms with Gasteiger partial charge in [0.15, 0.2) is 17.5 Å². The standard InChI is InChI=1S/C20H23N5O2/c1-12-22-11-18(27-12)14-5-8-17-15(9-14)10-19(25-24-17)23-20(26)13-3-6-16(21-2)7-4-13/h5,8-11,13,16,21H,3-4,6-7H2,1-2H3,(H,23,25,26)/t13-,16-. The Labute approximate surface area is 157 Å².